The van der Waals surface area contributed by atoms with E-state index in [4.69, 9.17) is 9.47 Å². The Morgan fingerprint density at radius 2 is 0.881 bits per heavy atom. The maximum atomic E-state index is 13.2. The number of ether oxygens (including phenoxy) is 2. The first kappa shape index (κ1) is 55.8. The number of hydrogen-bond acceptors (Lipinski definition) is 7. The van der Waals surface area contributed by atoms with Gasteiger partial charge in [0.2, 0.25) is 0 Å². The summed E-state index contributed by atoms with van der Waals surface area (Å²) < 4.78 is 11.9. The van der Waals surface area contributed by atoms with Gasteiger partial charge in [0.25, 0.3) is 0 Å². The van der Waals surface area contributed by atoms with Crippen LogP contribution in [0.25, 0.3) is 0 Å². The maximum absolute atomic E-state index is 13.2. The Morgan fingerprint density at radius 3 is 1.29 bits per heavy atom. The zero-order valence-corrected chi connectivity index (χ0v) is 40.1. The highest BCUT2D eigenvalue weighted by Gasteiger charge is 2.25. The molecule has 1 aliphatic carbocycles. The molecule has 0 aromatic heterocycles. The number of aliphatic hydroxyl groups excluding tert-OH is 1. The van der Waals surface area contributed by atoms with Crippen LogP contribution >= 0.6 is 0 Å². The number of carbonyl (C=O) groups is 2. The van der Waals surface area contributed by atoms with Crippen LogP contribution in [-0.2, 0) is 19.1 Å². The first-order valence-corrected chi connectivity index (χ1v) is 26.4. The van der Waals surface area contributed by atoms with Gasteiger partial charge in [-0.1, -0.05) is 188 Å². The Morgan fingerprint density at radius 1 is 0.475 bits per heavy atom. The molecule has 0 radical (unpaired) electrons. The fourth-order valence-electron chi connectivity index (χ4n) is 8.86. The summed E-state index contributed by atoms with van der Waals surface area (Å²) in [6, 6.07) is 0.574. The highest BCUT2D eigenvalue weighted by atomic mass is 16.5. The van der Waals surface area contributed by atoms with Gasteiger partial charge in [0.15, 0.2) is 0 Å². The van der Waals surface area contributed by atoms with E-state index >= 15 is 0 Å². The predicted octanol–water partition coefficient (Wildman–Crippen LogP) is 14.0. The lowest BCUT2D eigenvalue weighted by atomic mass is 9.91. The van der Waals surface area contributed by atoms with Gasteiger partial charge in [0.05, 0.1) is 26.2 Å². The summed E-state index contributed by atoms with van der Waals surface area (Å²) >= 11 is 0. The zero-order valence-electron chi connectivity index (χ0n) is 40.1. The minimum absolute atomic E-state index is 0.0510. The Kier molecular flexibility index (Phi) is 39.9. The molecule has 1 aliphatic rings. The van der Waals surface area contributed by atoms with Crippen LogP contribution in [-0.4, -0.2) is 85.4 Å². The van der Waals surface area contributed by atoms with Crippen LogP contribution in [0.1, 0.15) is 252 Å². The normalized spacial score (nSPS) is 14.2. The lowest BCUT2D eigenvalue weighted by Gasteiger charge is -2.38. The van der Waals surface area contributed by atoms with Gasteiger partial charge in [0, 0.05) is 38.6 Å². The van der Waals surface area contributed by atoms with Crippen LogP contribution in [0, 0.1) is 11.8 Å². The SMILES string of the molecule is CCCCCCCCCCC(CCCCCC)COC(=O)CCCCN(CCC(=O)OCC(CCCCCC)CCCCCCCCCC)CCN(CCO)C1CCC1. The maximum Gasteiger partial charge on any atom is 0.307 e. The van der Waals surface area contributed by atoms with Gasteiger partial charge >= 0.3 is 11.9 Å². The van der Waals surface area contributed by atoms with Crippen LogP contribution in [0.5, 0.6) is 0 Å². The number of aliphatic hydroxyl groups is 1. The van der Waals surface area contributed by atoms with Crippen molar-refractivity contribution in [2.24, 2.45) is 11.8 Å². The summed E-state index contributed by atoms with van der Waals surface area (Å²) in [5.74, 6) is 0.841. The molecule has 0 saturated heterocycles. The van der Waals surface area contributed by atoms with E-state index in [2.05, 4.69) is 37.5 Å². The van der Waals surface area contributed by atoms with Crippen molar-refractivity contribution in [1.29, 1.82) is 0 Å². The van der Waals surface area contributed by atoms with E-state index in [0.717, 1.165) is 32.5 Å². The molecule has 0 aromatic carbocycles. The summed E-state index contributed by atoms with van der Waals surface area (Å²) in [5, 5.41) is 9.76. The summed E-state index contributed by atoms with van der Waals surface area (Å²) in [6.45, 7) is 14.4. The van der Waals surface area contributed by atoms with E-state index < -0.39 is 0 Å². The molecule has 0 heterocycles. The van der Waals surface area contributed by atoms with Crippen molar-refractivity contribution in [2.45, 2.75) is 258 Å². The van der Waals surface area contributed by atoms with Gasteiger partial charge in [-0.2, -0.15) is 0 Å². The third-order valence-corrected chi connectivity index (χ3v) is 13.2. The van der Waals surface area contributed by atoms with E-state index in [9.17, 15) is 14.7 Å². The Labute approximate surface area is 367 Å². The molecule has 59 heavy (non-hydrogen) atoms. The second-order valence-corrected chi connectivity index (χ2v) is 18.7. The third kappa shape index (κ3) is 34.0. The van der Waals surface area contributed by atoms with Crippen LogP contribution in [0.15, 0.2) is 0 Å². The Hall–Kier alpha value is -1.18. The van der Waals surface area contributed by atoms with E-state index in [0.29, 0.717) is 57.0 Å². The molecule has 0 bridgehead atoms. The van der Waals surface area contributed by atoms with E-state index in [-0.39, 0.29) is 18.5 Å². The minimum atomic E-state index is -0.0736. The quantitative estimate of drug-likeness (QED) is 0.0483. The monoisotopic (exact) mass is 835 g/mol. The lowest BCUT2D eigenvalue weighted by Crippen LogP contribution is -2.46. The molecule has 1 saturated carbocycles. The van der Waals surface area contributed by atoms with Crippen molar-refractivity contribution in [2.75, 3.05) is 52.5 Å². The van der Waals surface area contributed by atoms with Crippen LogP contribution in [0.2, 0.25) is 0 Å². The van der Waals surface area contributed by atoms with E-state index in [1.807, 2.05) is 0 Å². The minimum Gasteiger partial charge on any atom is -0.465 e. The molecule has 0 spiro atoms. The molecule has 7 heteroatoms. The summed E-state index contributed by atoms with van der Waals surface area (Å²) in [7, 11) is 0. The molecule has 1 fully saturated rings. The highest BCUT2D eigenvalue weighted by molar-refractivity contribution is 5.69. The standard InChI is InChI=1S/C52H102N2O5/c1-5-9-13-17-19-21-23-27-34-48(32-25-15-11-7-3)46-58-51(56)38-29-30-40-53(42-43-54(44-45-55)50-36-31-37-50)41-39-52(57)59-47-49(33-26-16-12-8-4)35-28-24-22-20-18-14-10-6-2/h48-50,55H,5-47H2,1-4H3. The molecule has 1 rings (SSSR count). The van der Waals surface area contributed by atoms with Gasteiger partial charge < -0.3 is 19.5 Å². The summed E-state index contributed by atoms with van der Waals surface area (Å²) in [5.41, 5.74) is 0. The third-order valence-electron chi connectivity index (χ3n) is 13.2. The largest absolute Gasteiger partial charge is 0.465 e. The second-order valence-electron chi connectivity index (χ2n) is 18.7. The molecule has 0 amide bonds. The van der Waals surface area contributed by atoms with Gasteiger partial charge in [-0.05, 0) is 69.7 Å². The lowest BCUT2D eigenvalue weighted by molar-refractivity contribution is -0.146. The van der Waals surface area contributed by atoms with Gasteiger partial charge in [-0.3, -0.25) is 14.5 Å². The van der Waals surface area contributed by atoms with Crippen LogP contribution in [0.3, 0.4) is 0 Å². The number of nitrogens with zero attached hydrogens (tertiary/aromatic N) is 2. The second kappa shape index (κ2) is 42.1. The Balaban J connectivity index is 2.59. The van der Waals surface area contributed by atoms with Crippen LogP contribution in [0.4, 0.5) is 0 Å². The highest BCUT2D eigenvalue weighted by Crippen LogP contribution is 2.25. The number of rotatable bonds is 46. The zero-order chi connectivity index (χ0) is 42.9. The smallest absolute Gasteiger partial charge is 0.307 e. The number of hydrogen-bond donors (Lipinski definition) is 1. The number of carbonyl (C=O) groups excluding carboxylic acids is 2. The molecule has 2 unspecified atom stereocenters. The average Bonchev–Trinajstić information content (AvgIpc) is 3.21. The van der Waals surface area contributed by atoms with Crippen molar-refractivity contribution in [1.82, 2.24) is 9.80 Å². The molecule has 350 valence electrons. The molecule has 0 aliphatic heterocycles. The fraction of sp³-hybridized carbons (Fsp3) is 0.962. The average molecular weight is 835 g/mol. The first-order chi connectivity index (χ1) is 29.0. The molecule has 0 aromatic rings. The van der Waals surface area contributed by atoms with Crippen molar-refractivity contribution in [3.63, 3.8) is 0 Å². The summed E-state index contributed by atoms with van der Waals surface area (Å²) in [6.07, 6.45) is 42.4. The number of esters is 2. The fourth-order valence-corrected chi connectivity index (χ4v) is 8.86. The van der Waals surface area contributed by atoms with Crippen molar-refractivity contribution < 1.29 is 24.2 Å². The Bertz CT molecular complexity index is 914. The molecule has 7 nitrogen and oxygen atoms in total. The molecular formula is C52H102N2O5. The van der Waals surface area contributed by atoms with Gasteiger partial charge in [-0.15, -0.1) is 0 Å². The van der Waals surface area contributed by atoms with Crippen molar-refractivity contribution >= 4 is 11.9 Å². The van der Waals surface area contributed by atoms with Crippen molar-refractivity contribution in [3.8, 4) is 0 Å². The van der Waals surface area contributed by atoms with E-state index in [1.54, 1.807) is 0 Å². The predicted molar refractivity (Wildman–Crippen MR) is 252 cm³/mol. The topological polar surface area (TPSA) is 79.3 Å². The van der Waals surface area contributed by atoms with Gasteiger partial charge in [0.1, 0.15) is 0 Å². The molecular weight excluding hydrogens is 733 g/mol. The number of unbranched alkanes of at least 4 members (excludes halogenated alkanes) is 21. The van der Waals surface area contributed by atoms with E-state index in [1.165, 1.54) is 199 Å². The summed E-state index contributed by atoms with van der Waals surface area (Å²) in [4.78, 5) is 30.9. The van der Waals surface area contributed by atoms with Crippen molar-refractivity contribution in [3.05, 3.63) is 0 Å². The van der Waals surface area contributed by atoms with Crippen LogP contribution < -0.4 is 0 Å². The first-order valence-electron chi connectivity index (χ1n) is 26.4. The van der Waals surface area contributed by atoms with Gasteiger partial charge in [-0.25, -0.2) is 0 Å². The molecule has 2 atom stereocenters. The molecule has 1 N–H and O–H groups in total.